The van der Waals surface area contributed by atoms with E-state index in [1.54, 1.807) is 17.4 Å². The Hall–Kier alpha value is -1.46. The van der Waals surface area contributed by atoms with Crippen molar-refractivity contribution in [2.45, 2.75) is 19.9 Å². The molecule has 2 aromatic rings. The number of nitrogens with one attached hydrogen (secondary N) is 1. The van der Waals surface area contributed by atoms with Crippen molar-refractivity contribution in [1.29, 1.82) is 0 Å². The van der Waals surface area contributed by atoms with E-state index in [0.717, 1.165) is 36.0 Å². The van der Waals surface area contributed by atoms with E-state index in [0.29, 0.717) is 0 Å². The molecular formula is C14H18FN3S. The summed E-state index contributed by atoms with van der Waals surface area (Å²) in [6.07, 6.45) is 1.11. The van der Waals surface area contributed by atoms with Crippen LogP contribution in [0.4, 0.5) is 15.2 Å². The minimum absolute atomic E-state index is 0.231. The van der Waals surface area contributed by atoms with Crippen molar-refractivity contribution in [2.24, 2.45) is 0 Å². The molecule has 5 heteroatoms. The molecule has 0 bridgehead atoms. The van der Waals surface area contributed by atoms with Crippen molar-refractivity contribution in [1.82, 2.24) is 10.3 Å². The number of nitrogens with zero attached hydrogens (tertiary/aromatic N) is 2. The van der Waals surface area contributed by atoms with Crippen molar-refractivity contribution in [3.8, 4) is 0 Å². The molecule has 19 heavy (non-hydrogen) atoms. The fraction of sp³-hybridized carbons (Fsp3) is 0.357. The van der Waals surface area contributed by atoms with Gasteiger partial charge in [-0.25, -0.2) is 9.37 Å². The van der Waals surface area contributed by atoms with Gasteiger partial charge in [-0.2, -0.15) is 0 Å². The predicted molar refractivity (Wildman–Crippen MR) is 78.6 cm³/mol. The Labute approximate surface area is 117 Å². The Kier molecular flexibility index (Phi) is 4.87. The zero-order valence-electron chi connectivity index (χ0n) is 11.2. The van der Waals surface area contributed by atoms with Gasteiger partial charge in [0.2, 0.25) is 0 Å². The van der Waals surface area contributed by atoms with Gasteiger partial charge in [0.25, 0.3) is 0 Å². The van der Waals surface area contributed by atoms with Gasteiger partial charge in [-0.1, -0.05) is 13.0 Å². The zero-order chi connectivity index (χ0) is 13.7. The van der Waals surface area contributed by atoms with Crippen LogP contribution in [0.15, 0.2) is 29.6 Å². The molecule has 102 valence electrons. The number of anilines is 2. The quantitative estimate of drug-likeness (QED) is 0.820. The van der Waals surface area contributed by atoms with Crippen molar-refractivity contribution < 1.29 is 4.39 Å². The summed E-state index contributed by atoms with van der Waals surface area (Å²) >= 11 is 1.57. The lowest BCUT2D eigenvalue weighted by Gasteiger charge is -2.15. The van der Waals surface area contributed by atoms with Gasteiger partial charge in [-0.15, -0.1) is 11.3 Å². The normalized spacial score (nSPS) is 10.7. The number of halogens is 1. The largest absolute Gasteiger partial charge is 0.321 e. The minimum atomic E-state index is -0.231. The summed E-state index contributed by atoms with van der Waals surface area (Å²) < 4.78 is 13.2. The van der Waals surface area contributed by atoms with E-state index < -0.39 is 0 Å². The van der Waals surface area contributed by atoms with Gasteiger partial charge in [0.05, 0.1) is 5.69 Å². The molecule has 1 heterocycles. The molecule has 1 N–H and O–H groups in total. The second-order valence-electron chi connectivity index (χ2n) is 4.34. The SMILES string of the molecule is CCCNCc1csc(N(C)c2cccc(F)c2)n1. The lowest BCUT2D eigenvalue weighted by molar-refractivity contribution is 0.628. The van der Waals surface area contributed by atoms with Gasteiger partial charge in [0, 0.05) is 24.7 Å². The van der Waals surface area contributed by atoms with Gasteiger partial charge < -0.3 is 10.2 Å². The Morgan fingerprint density at radius 1 is 1.42 bits per heavy atom. The van der Waals surface area contributed by atoms with Crippen LogP contribution < -0.4 is 10.2 Å². The van der Waals surface area contributed by atoms with E-state index in [1.807, 2.05) is 23.4 Å². The molecule has 3 nitrogen and oxygen atoms in total. The molecule has 0 aliphatic carbocycles. The van der Waals surface area contributed by atoms with Gasteiger partial charge in [0.15, 0.2) is 5.13 Å². The highest BCUT2D eigenvalue weighted by Gasteiger charge is 2.09. The highest BCUT2D eigenvalue weighted by molar-refractivity contribution is 7.13. The first kappa shape index (κ1) is 14.0. The Morgan fingerprint density at radius 2 is 2.26 bits per heavy atom. The third-order valence-electron chi connectivity index (χ3n) is 2.75. The van der Waals surface area contributed by atoms with Crippen molar-refractivity contribution in [2.75, 3.05) is 18.5 Å². The highest BCUT2D eigenvalue weighted by Crippen LogP contribution is 2.27. The number of thiazole rings is 1. The van der Waals surface area contributed by atoms with Crippen LogP contribution >= 0.6 is 11.3 Å². The maximum atomic E-state index is 13.2. The molecule has 0 aliphatic heterocycles. The first-order valence-electron chi connectivity index (χ1n) is 6.35. The lowest BCUT2D eigenvalue weighted by atomic mass is 10.3. The summed E-state index contributed by atoms with van der Waals surface area (Å²) in [5.41, 5.74) is 1.83. The van der Waals surface area contributed by atoms with Gasteiger partial charge in [0.1, 0.15) is 5.82 Å². The average Bonchev–Trinajstić information content (AvgIpc) is 2.87. The lowest BCUT2D eigenvalue weighted by Crippen LogP contribution is -2.14. The van der Waals surface area contributed by atoms with Crippen molar-refractivity contribution >= 4 is 22.2 Å². The van der Waals surface area contributed by atoms with Crippen LogP contribution in [-0.4, -0.2) is 18.6 Å². The van der Waals surface area contributed by atoms with E-state index in [9.17, 15) is 4.39 Å². The smallest absolute Gasteiger partial charge is 0.189 e. The Bertz CT molecular complexity index is 527. The third-order valence-corrected chi connectivity index (χ3v) is 3.72. The Morgan fingerprint density at radius 3 is 3.00 bits per heavy atom. The van der Waals surface area contributed by atoms with Crippen LogP contribution in [0.2, 0.25) is 0 Å². The minimum Gasteiger partial charge on any atom is -0.321 e. The summed E-state index contributed by atoms with van der Waals surface area (Å²) in [4.78, 5) is 6.45. The molecule has 0 aliphatic rings. The molecule has 0 unspecified atom stereocenters. The van der Waals surface area contributed by atoms with Crippen LogP contribution in [0.25, 0.3) is 0 Å². The summed E-state index contributed by atoms with van der Waals surface area (Å²) in [7, 11) is 1.90. The second kappa shape index (κ2) is 6.63. The number of hydrogen-bond donors (Lipinski definition) is 1. The summed E-state index contributed by atoms with van der Waals surface area (Å²) in [5.74, 6) is -0.231. The van der Waals surface area contributed by atoms with Crippen molar-refractivity contribution in [3.63, 3.8) is 0 Å². The zero-order valence-corrected chi connectivity index (χ0v) is 12.0. The monoisotopic (exact) mass is 279 g/mol. The van der Waals surface area contributed by atoms with Crippen LogP contribution in [0.5, 0.6) is 0 Å². The van der Waals surface area contributed by atoms with Gasteiger partial charge >= 0.3 is 0 Å². The van der Waals surface area contributed by atoms with Crippen LogP contribution in [0, 0.1) is 5.82 Å². The standard InChI is InChI=1S/C14H18FN3S/c1-3-7-16-9-12-10-19-14(17-12)18(2)13-6-4-5-11(15)8-13/h4-6,8,10,16H,3,7,9H2,1-2H3. The molecule has 0 atom stereocenters. The Balaban J connectivity index is 2.05. The predicted octanol–water partition coefficient (Wildman–Crippen LogP) is 3.55. The molecule has 0 saturated heterocycles. The first-order valence-corrected chi connectivity index (χ1v) is 7.23. The molecule has 0 saturated carbocycles. The van der Waals surface area contributed by atoms with E-state index >= 15 is 0 Å². The molecule has 1 aromatic carbocycles. The van der Waals surface area contributed by atoms with E-state index in [4.69, 9.17) is 0 Å². The summed E-state index contributed by atoms with van der Waals surface area (Å²) in [6, 6.07) is 6.54. The molecule has 0 fully saturated rings. The van der Waals surface area contributed by atoms with Crippen LogP contribution in [0.1, 0.15) is 19.0 Å². The van der Waals surface area contributed by atoms with Crippen LogP contribution in [-0.2, 0) is 6.54 Å². The van der Waals surface area contributed by atoms with E-state index in [-0.39, 0.29) is 5.82 Å². The topological polar surface area (TPSA) is 28.2 Å². The fourth-order valence-electron chi connectivity index (χ4n) is 1.72. The molecule has 1 aromatic heterocycles. The molecule has 0 spiro atoms. The third kappa shape index (κ3) is 3.75. The molecular weight excluding hydrogens is 261 g/mol. The average molecular weight is 279 g/mol. The van der Waals surface area contributed by atoms with E-state index in [2.05, 4.69) is 17.2 Å². The molecule has 0 amide bonds. The molecule has 0 radical (unpaired) electrons. The van der Waals surface area contributed by atoms with Crippen molar-refractivity contribution in [3.05, 3.63) is 41.2 Å². The van der Waals surface area contributed by atoms with E-state index in [1.165, 1.54) is 12.1 Å². The molecule has 2 rings (SSSR count). The van der Waals surface area contributed by atoms with Crippen LogP contribution in [0.3, 0.4) is 0 Å². The fourth-order valence-corrected chi connectivity index (χ4v) is 2.53. The number of aromatic nitrogens is 1. The number of hydrogen-bond acceptors (Lipinski definition) is 4. The highest BCUT2D eigenvalue weighted by atomic mass is 32.1. The maximum absolute atomic E-state index is 13.2. The van der Waals surface area contributed by atoms with Gasteiger partial charge in [-0.3, -0.25) is 0 Å². The number of rotatable bonds is 6. The first-order chi connectivity index (χ1) is 9.20. The number of benzene rings is 1. The second-order valence-corrected chi connectivity index (χ2v) is 5.17. The van der Waals surface area contributed by atoms with Gasteiger partial charge in [-0.05, 0) is 31.2 Å². The summed E-state index contributed by atoms with van der Waals surface area (Å²) in [5, 5.41) is 6.23. The maximum Gasteiger partial charge on any atom is 0.189 e. The summed E-state index contributed by atoms with van der Waals surface area (Å²) in [6.45, 7) is 3.91.